The molecule has 0 aromatic heterocycles. The third-order valence-electron chi connectivity index (χ3n) is 4.35. The van der Waals surface area contributed by atoms with Gasteiger partial charge in [-0.3, -0.25) is 9.69 Å². The van der Waals surface area contributed by atoms with Gasteiger partial charge in [-0.05, 0) is 17.0 Å². The number of carbonyl (C=O) groups is 1. The van der Waals surface area contributed by atoms with Gasteiger partial charge in [-0.1, -0.05) is 58.9 Å². The van der Waals surface area contributed by atoms with Crippen molar-refractivity contribution in [1.29, 1.82) is 0 Å². The Hall–Kier alpha value is -1.35. The number of hydrogen-bond acceptors (Lipinski definition) is 2. The summed E-state index contributed by atoms with van der Waals surface area (Å²) in [6.45, 7) is 15.0. The zero-order valence-corrected chi connectivity index (χ0v) is 14.7. The molecule has 0 unspecified atom stereocenters. The van der Waals surface area contributed by atoms with Crippen LogP contribution in [0.15, 0.2) is 24.3 Å². The SMILES string of the molecule is CC(C)c1ccc(CN2CCN(C(=O)C(C)(C)C)CC2)cc1. The Morgan fingerprint density at radius 2 is 1.59 bits per heavy atom. The number of hydrogen-bond donors (Lipinski definition) is 0. The molecule has 0 atom stereocenters. The first-order chi connectivity index (χ1) is 10.3. The van der Waals surface area contributed by atoms with Crippen LogP contribution < -0.4 is 0 Å². The van der Waals surface area contributed by atoms with E-state index in [9.17, 15) is 4.79 Å². The van der Waals surface area contributed by atoms with Crippen LogP contribution in [0, 0.1) is 5.41 Å². The minimum atomic E-state index is -0.269. The summed E-state index contributed by atoms with van der Waals surface area (Å²) >= 11 is 0. The van der Waals surface area contributed by atoms with Gasteiger partial charge in [-0.25, -0.2) is 0 Å². The van der Waals surface area contributed by atoms with E-state index in [1.54, 1.807) is 0 Å². The third-order valence-corrected chi connectivity index (χ3v) is 4.35. The van der Waals surface area contributed by atoms with Gasteiger partial charge in [-0.2, -0.15) is 0 Å². The summed E-state index contributed by atoms with van der Waals surface area (Å²) < 4.78 is 0. The first kappa shape index (κ1) is 17.0. The maximum absolute atomic E-state index is 12.3. The highest BCUT2D eigenvalue weighted by Crippen LogP contribution is 2.20. The van der Waals surface area contributed by atoms with Gasteiger partial charge in [0.05, 0.1) is 0 Å². The van der Waals surface area contributed by atoms with Gasteiger partial charge in [0.2, 0.25) is 5.91 Å². The molecular weight excluding hydrogens is 272 g/mol. The van der Waals surface area contributed by atoms with Gasteiger partial charge in [0.25, 0.3) is 0 Å². The van der Waals surface area contributed by atoms with E-state index < -0.39 is 0 Å². The topological polar surface area (TPSA) is 23.6 Å². The van der Waals surface area contributed by atoms with Gasteiger partial charge in [-0.15, -0.1) is 0 Å². The molecule has 3 heteroatoms. The van der Waals surface area contributed by atoms with Crippen LogP contribution >= 0.6 is 0 Å². The number of benzene rings is 1. The van der Waals surface area contributed by atoms with Crippen molar-refractivity contribution in [2.45, 2.75) is 47.1 Å². The smallest absolute Gasteiger partial charge is 0.228 e. The van der Waals surface area contributed by atoms with Gasteiger partial charge in [0, 0.05) is 38.1 Å². The minimum Gasteiger partial charge on any atom is -0.340 e. The molecule has 1 aromatic carbocycles. The summed E-state index contributed by atoms with van der Waals surface area (Å²) in [5.41, 5.74) is 2.49. The molecule has 0 N–H and O–H groups in total. The molecule has 1 saturated heterocycles. The standard InChI is InChI=1S/C19H30N2O/c1-15(2)17-8-6-16(7-9-17)14-20-10-12-21(13-11-20)18(22)19(3,4)5/h6-9,15H,10-14H2,1-5H3. The lowest BCUT2D eigenvalue weighted by Gasteiger charge is -2.37. The Labute approximate surface area is 135 Å². The lowest BCUT2D eigenvalue weighted by molar-refractivity contribution is -0.141. The second kappa shape index (κ2) is 6.82. The molecule has 0 aliphatic carbocycles. The van der Waals surface area contributed by atoms with E-state index >= 15 is 0 Å². The van der Waals surface area contributed by atoms with Crippen LogP contribution in [0.4, 0.5) is 0 Å². The average molecular weight is 302 g/mol. The molecule has 3 nitrogen and oxygen atoms in total. The van der Waals surface area contributed by atoms with Crippen molar-refractivity contribution >= 4 is 5.91 Å². The quantitative estimate of drug-likeness (QED) is 0.853. The monoisotopic (exact) mass is 302 g/mol. The van der Waals surface area contributed by atoms with Crippen molar-refractivity contribution in [3.05, 3.63) is 35.4 Å². The van der Waals surface area contributed by atoms with E-state index in [1.165, 1.54) is 11.1 Å². The van der Waals surface area contributed by atoms with Gasteiger partial charge >= 0.3 is 0 Å². The minimum absolute atomic E-state index is 0.269. The number of piperazine rings is 1. The summed E-state index contributed by atoms with van der Waals surface area (Å²) in [6.07, 6.45) is 0. The fourth-order valence-corrected chi connectivity index (χ4v) is 2.85. The summed E-state index contributed by atoms with van der Waals surface area (Å²) in [6, 6.07) is 8.95. The van der Waals surface area contributed by atoms with Gasteiger partial charge in [0.15, 0.2) is 0 Å². The fourth-order valence-electron chi connectivity index (χ4n) is 2.85. The predicted molar refractivity (Wildman–Crippen MR) is 91.8 cm³/mol. The number of rotatable bonds is 3. The lowest BCUT2D eigenvalue weighted by atomic mass is 9.94. The molecule has 1 aliphatic rings. The molecule has 0 bridgehead atoms. The molecule has 1 aliphatic heterocycles. The van der Waals surface area contributed by atoms with E-state index in [4.69, 9.17) is 0 Å². The van der Waals surface area contributed by atoms with Crippen molar-refractivity contribution in [1.82, 2.24) is 9.80 Å². The van der Waals surface area contributed by atoms with Crippen LogP contribution in [0.3, 0.4) is 0 Å². The van der Waals surface area contributed by atoms with Crippen molar-refractivity contribution in [3.63, 3.8) is 0 Å². The predicted octanol–water partition coefficient (Wildman–Crippen LogP) is 3.50. The molecule has 1 fully saturated rings. The molecule has 22 heavy (non-hydrogen) atoms. The van der Waals surface area contributed by atoms with Crippen LogP contribution in [0.5, 0.6) is 0 Å². The Bertz CT molecular complexity index is 491. The van der Waals surface area contributed by atoms with Crippen molar-refractivity contribution in [2.75, 3.05) is 26.2 Å². The summed E-state index contributed by atoms with van der Waals surface area (Å²) in [5, 5.41) is 0. The molecule has 0 saturated carbocycles. The fraction of sp³-hybridized carbons (Fsp3) is 0.632. The highest BCUT2D eigenvalue weighted by atomic mass is 16.2. The van der Waals surface area contributed by atoms with E-state index in [0.717, 1.165) is 32.7 Å². The molecule has 0 radical (unpaired) electrons. The number of carbonyl (C=O) groups excluding carboxylic acids is 1. The van der Waals surface area contributed by atoms with Gasteiger partial charge < -0.3 is 4.90 Å². The first-order valence-corrected chi connectivity index (χ1v) is 8.38. The van der Waals surface area contributed by atoms with Crippen LogP contribution in [0.2, 0.25) is 0 Å². The Kier molecular flexibility index (Phi) is 5.28. The van der Waals surface area contributed by atoms with E-state index in [1.807, 2.05) is 25.7 Å². The molecule has 2 rings (SSSR count). The van der Waals surface area contributed by atoms with Gasteiger partial charge in [0.1, 0.15) is 0 Å². The molecule has 1 heterocycles. The van der Waals surface area contributed by atoms with E-state index in [0.29, 0.717) is 5.92 Å². The summed E-state index contributed by atoms with van der Waals surface area (Å²) in [4.78, 5) is 16.7. The number of nitrogens with zero attached hydrogens (tertiary/aromatic N) is 2. The average Bonchev–Trinajstić information content (AvgIpc) is 2.47. The molecule has 122 valence electrons. The van der Waals surface area contributed by atoms with E-state index in [2.05, 4.69) is 43.0 Å². The maximum atomic E-state index is 12.3. The van der Waals surface area contributed by atoms with Crippen molar-refractivity contribution < 1.29 is 4.79 Å². The second-order valence-corrected chi connectivity index (χ2v) is 7.71. The van der Waals surface area contributed by atoms with Crippen LogP contribution in [-0.2, 0) is 11.3 Å². The zero-order chi connectivity index (χ0) is 16.3. The van der Waals surface area contributed by atoms with Crippen LogP contribution in [0.25, 0.3) is 0 Å². The van der Waals surface area contributed by atoms with E-state index in [-0.39, 0.29) is 11.3 Å². The van der Waals surface area contributed by atoms with Crippen LogP contribution in [0.1, 0.15) is 51.7 Å². The highest BCUT2D eigenvalue weighted by Gasteiger charge is 2.29. The highest BCUT2D eigenvalue weighted by molar-refractivity contribution is 5.81. The lowest BCUT2D eigenvalue weighted by Crippen LogP contribution is -2.51. The second-order valence-electron chi connectivity index (χ2n) is 7.71. The Balaban J connectivity index is 1.86. The maximum Gasteiger partial charge on any atom is 0.228 e. The molecule has 1 amide bonds. The van der Waals surface area contributed by atoms with Crippen molar-refractivity contribution in [3.8, 4) is 0 Å². The molecule has 0 spiro atoms. The molecular formula is C19H30N2O. The first-order valence-electron chi connectivity index (χ1n) is 8.38. The zero-order valence-electron chi connectivity index (χ0n) is 14.7. The largest absolute Gasteiger partial charge is 0.340 e. The summed E-state index contributed by atoms with van der Waals surface area (Å²) in [5.74, 6) is 0.856. The summed E-state index contributed by atoms with van der Waals surface area (Å²) in [7, 11) is 0. The molecule has 1 aromatic rings. The Morgan fingerprint density at radius 1 is 1.05 bits per heavy atom. The Morgan fingerprint density at radius 3 is 2.05 bits per heavy atom. The third kappa shape index (κ3) is 4.33. The van der Waals surface area contributed by atoms with Crippen LogP contribution in [-0.4, -0.2) is 41.9 Å². The normalized spacial score (nSPS) is 17.1. The number of amides is 1. The van der Waals surface area contributed by atoms with Crippen molar-refractivity contribution in [2.24, 2.45) is 5.41 Å².